The molecule has 0 aliphatic carbocycles. The molecule has 5 heteroatoms. The van der Waals surface area contributed by atoms with Crippen molar-refractivity contribution in [3.05, 3.63) is 58.3 Å². The fraction of sp³-hybridized carbons (Fsp3) is 0.250. The molecule has 0 saturated heterocycles. The van der Waals surface area contributed by atoms with E-state index in [-0.39, 0.29) is 11.9 Å². The van der Waals surface area contributed by atoms with Gasteiger partial charge in [-0.15, -0.1) is 0 Å². The molecular weight excluding hydrogens is 332 g/mol. The Hall–Kier alpha value is -1.88. The number of carbonyl (C=O) groups is 1. The molecule has 0 fully saturated rings. The monoisotopic (exact) mass is 348 g/mol. The Balaban J connectivity index is 2.26. The van der Waals surface area contributed by atoms with Gasteiger partial charge in [0.15, 0.2) is 0 Å². The van der Waals surface area contributed by atoms with Crippen molar-refractivity contribution in [2.24, 2.45) is 0 Å². The van der Waals surface area contributed by atoms with Crippen LogP contribution in [0.25, 0.3) is 0 Å². The van der Waals surface area contributed by atoms with Crippen LogP contribution in [0.1, 0.15) is 28.9 Å². The molecule has 2 aromatic rings. The number of pyridine rings is 1. The normalized spacial score (nSPS) is 11.8. The number of para-hydroxylation sites is 1. The van der Waals surface area contributed by atoms with E-state index in [1.165, 1.54) is 0 Å². The lowest BCUT2D eigenvalue weighted by Gasteiger charge is -2.26. The highest BCUT2D eigenvalue weighted by Crippen LogP contribution is 2.29. The second-order valence-corrected chi connectivity index (χ2v) is 5.51. The van der Waals surface area contributed by atoms with Gasteiger partial charge in [-0.2, -0.15) is 0 Å². The Bertz CT molecular complexity index is 646. The highest BCUT2D eigenvalue weighted by atomic mass is 79.9. The van der Waals surface area contributed by atoms with E-state index in [9.17, 15) is 4.79 Å². The minimum absolute atomic E-state index is 0.0588. The lowest BCUT2D eigenvalue weighted by atomic mass is 10.1. The average molecular weight is 349 g/mol. The fourth-order valence-electron chi connectivity index (χ4n) is 2.14. The zero-order chi connectivity index (χ0) is 15.4. The maximum Gasteiger partial charge on any atom is 0.254 e. The van der Waals surface area contributed by atoms with Gasteiger partial charge in [0.1, 0.15) is 10.4 Å². The van der Waals surface area contributed by atoms with Gasteiger partial charge in [0.05, 0.1) is 13.2 Å². The zero-order valence-electron chi connectivity index (χ0n) is 12.2. The maximum atomic E-state index is 12.5. The highest BCUT2D eigenvalue weighted by Gasteiger charge is 2.21. The summed E-state index contributed by atoms with van der Waals surface area (Å²) < 4.78 is 6.01. The molecule has 0 aliphatic rings. The number of methoxy groups -OCH3 is 1. The van der Waals surface area contributed by atoms with Crippen molar-refractivity contribution in [3.63, 3.8) is 0 Å². The van der Waals surface area contributed by atoms with Crippen molar-refractivity contribution in [3.8, 4) is 5.75 Å². The van der Waals surface area contributed by atoms with E-state index < -0.39 is 0 Å². The summed E-state index contributed by atoms with van der Waals surface area (Å²) in [6.07, 6.45) is 1.61. The summed E-state index contributed by atoms with van der Waals surface area (Å²) in [7, 11) is 3.42. The second kappa shape index (κ2) is 6.72. The predicted molar refractivity (Wildman–Crippen MR) is 85.4 cm³/mol. The molecule has 1 amide bonds. The fourth-order valence-corrected chi connectivity index (χ4v) is 2.50. The number of hydrogen-bond acceptors (Lipinski definition) is 3. The van der Waals surface area contributed by atoms with E-state index in [0.717, 1.165) is 11.3 Å². The van der Waals surface area contributed by atoms with E-state index >= 15 is 0 Å². The van der Waals surface area contributed by atoms with Gasteiger partial charge >= 0.3 is 0 Å². The Morgan fingerprint density at radius 3 is 2.71 bits per heavy atom. The van der Waals surface area contributed by atoms with Gasteiger partial charge in [0.2, 0.25) is 0 Å². The molecule has 21 heavy (non-hydrogen) atoms. The average Bonchev–Trinajstić information content (AvgIpc) is 2.52. The number of hydrogen-bond donors (Lipinski definition) is 0. The van der Waals surface area contributed by atoms with Gasteiger partial charge in [-0.3, -0.25) is 4.79 Å². The topological polar surface area (TPSA) is 42.4 Å². The summed E-state index contributed by atoms with van der Waals surface area (Å²) in [6.45, 7) is 1.98. The van der Waals surface area contributed by atoms with Crippen LogP contribution in [0.5, 0.6) is 5.75 Å². The van der Waals surface area contributed by atoms with Crippen molar-refractivity contribution in [1.82, 2.24) is 9.88 Å². The van der Waals surface area contributed by atoms with Crippen LogP contribution in [-0.2, 0) is 0 Å². The van der Waals surface area contributed by atoms with Crippen molar-refractivity contribution < 1.29 is 9.53 Å². The lowest BCUT2D eigenvalue weighted by molar-refractivity contribution is 0.0741. The van der Waals surface area contributed by atoms with Crippen LogP contribution in [0.3, 0.4) is 0 Å². The second-order valence-electron chi connectivity index (χ2n) is 4.70. The van der Waals surface area contributed by atoms with Gasteiger partial charge < -0.3 is 9.64 Å². The number of carbonyl (C=O) groups excluding carboxylic acids is 1. The number of amides is 1. The molecule has 0 radical (unpaired) electrons. The largest absolute Gasteiger partial charge is 0.496 e. The van der Waals surface area contributed by atoms with Crippen LogP contribution in [0, 0.1) is 0 Å². The van der Waals surface area contributed by atoms with E-state index in [1.807, 2.05) is 31.2 Å². The summed E-state index contributed by atoms with van der Waals surface area (Å²) >= 11 is 3.28. The molecule has 0 saturated carbocycles. The quantitative estimate of drug-likeness (QED) is 0.791. The van der Waals surface area contributed by atoms with Gasteiger partial charge in [-0.1, -0.05) is 18.2 Å². The van der Waals surface area contributed by atoms with E-state index in [0.29, 0.717) is 10.2 Å². The van der Waals surface area contributed by atoms with Crippen molar-refractivity contribution in [2.75, 3.05) is 14.2 Å². The zero-order valence-corrected chi connectivity index (χ0v) is 13.8. The number of halogens is 1. The van der Waals surface area contributed by atoms with Crippen LogP contribution in [0.15, 0.2) is 47.2 Å². The molecule has 1 heterocycles. The van der Waals surface area contributed by atoms with Crippen LogP contribution < -0.4 is 4.74 Å². The minimum Gasteiger partial charge on any atom is -0.496 e. The van der Waals surface area contributed by atoms with Crippen LogP contribution >= 0.6 is 15.9 Å². The lowest BCUT2D eigenvalue weighted by Crippen LogP contribution is -2.29. The number of nitrogens with zero attached hydrogens (tertiary/aromatic N) is 2. The minimum atomic E-state index is -0.0967. The number of ether oxygens (including phenoxy) is 1. The van der Waals surface area contributed by atoms with Crippen LogP contribution in [0.2, 0.25) is 0 Å². The van der Waals surface area contributed by atoms with Crippen LogP contribution in [-0.4, -0.2) is 29.9 Å². The molecule has 0 N–H and O–H groups in total. The summed E-state index contributed by atoms with van der Waals surface area (Å²) in [5.41, 5.74) is 1.57. The molecule has 1 aromatic carbocycles. The first-order valence-electron chi connectivity index (χ1n) is 6.56. The molecule has 1 aromatic heterocycles. The smallest absolute Gasteiger partial charge is 0.254 e. The van der Waals surface area contributed by atoms with Gasteiger partial charge in [-0.05, 0) is 41.1 Å². The van der Waals surface area contributed by atoms with Crippen molar-refractivity contribution in [2.45, 2.75) is 13.0 Å². The standard InChI is InChI=1S/C16H17BrN2O2/c1-11(13-6-4-5-7-14(13)21-3)19(2)16(20)12-8-9-18-15(17)10-12/h4-11H,1-3H3. The first-order chi connectivity index (χ1) is 10.0. The molecule has 4 nitrogen and oxygen atoms in total. The van der Waals surface area contributed by atoms with E-state index in [2.05, 4.69) is 20.9 Å². The van der Waals surface area contributed by atoms with Crippen molar-refractivity contribution in [1.29, 1.82) is 0 Å². The Labute approximate surface area is 132 Å². The molecule has 0 bridgehead atoms. The van der Waals surface area contributed by atoms with E-state index in [1.54, 1.807) is 37.4 Å². The SMILES string of the molecule is COc1ccccc1C(C)N(C)C(=O)c1ccnc(Br)c1. The Kier molecular flexibility index (Phi) is 4.96. The summed E-state index contributed by atoms with van der Waals surface area (Å²) in [5, 5.41) is 0. The van der Waals surface area contributed by atoms with E-state index in [4.69, 9.17) is 4.74 Å². The Morgan fingerprint density at radius 1 is 1.33 bits per heavy atom. The molecule has 1 unspecified atom stereocenters. The first kappa shape index (κ1) is 15.5. The van der Waals surface area contributed by atoms with Crippen LogP contribution in [0.4, 0.5) is 0 Å². The predicted octanol–water partition coefficient (Wildman–Crippen LogP) is 3.69. The molecule has 110 valence electrons. The Morgan fingerprint density at radius 2 is 2.05 bits per heavy atom. The third-order valence-electron chi connectivity index (χ3n) is 3.46. The summed E-state index contributed by atoms with van der Waals surface area (Å²) in [4.78, 5) is 18.3. The molecular formula is C16H17BrN2O2. The molecule has 2 rings (SSSR count). The highest BCUT2D eigenvalue weighted by molar-refractivity contribution is 9.10. The number of aromatic nitrogens is 1. The molecule has 0 spiro atoms. The number of rotatable bonds is 4. The van der Waals surface area contributed by atoms with Gasteiger partial charge in [0.25, 0.3) is 5.91 Å². The molecule has 0 aliphatic heterocycles. The first-order valence-corrected chi connectivity index (χ1v) is 7.35. The van der Waals surface area contributed by atoms with Gasteiger partial charge in [0, 0.05) is 24.4 Å². The molecule has 1 atom stereocenters. The summed E-state index contributed by atoms with van der Waals surface area (Å²) in [6, 6.07) is 11.0. The maximum absolute atomic E-state index is 12.5. The van der Waals surface area contributed by atoms with Gasteiger partial charge in [-0.25, -0.2) is 4.98 Å². The number of benzene rings is 1. The third kappa shape index (κ3) is 3.42. The van der Waals surface area contributed by atoms with Crippen molar-refractivity contribution >= 4 is 21.8 Å². The third-order valence-corrected chi connectivity index (χ3v) is 3.90. The summed E-state index contributed by atoms with van der Waals surface area (Å²) in [5.74, 6) is 0.720.